The fourth-order valence-corrected chi connectivity index (χ4v) is 3.56. The largest absolute Gasteiger partial charge is 0.396 e. The molecule has 0 aliphatic carbocycles. The molecule has 1 heterocycles. The molecule has 5 heteroatoms. The van der Waals surface area contributed by atoms with Crippen molar-refractivity contribution in [2.24, 2.45) is 5.73 Å². The number of nitrogens with two attached hydrogens (primary N) is 1. The topological polar surface area (TPSA) is 49.5 Å². The first-order valence-corrected chi connectivity index (χ1v) is 8.11. The van der Waals surface area contributed by atoms with E-state index < -0.39 is 0 Å². The number of aliphatic hydroxyl groups is 1. The maximum Gasteiger partial charge on any atom is 0.0931 e. The average Bonchev–Trinajstić information content (AvgIpc) is 2.81. The van der Waals surface area contributed by atoms with Crippen LogP contribution in [-0.4, -0.2) is 36.2 Å². The highest BCUT2D eigenvalue weighted by Gasteiger charge is 2.24. The number of halogens is 1. The summed E-state index contributed by atoms with van der Waals surface area (Å²) in [5.41, 5.74) is 6.27. The Morgan fingerprint density at radius 2 is 2.11 bits per heavy atom. The molecule has 0 fully saturated rings. The van der Waals surface area contributed by atoms with E-state index in [1.54, 1.807) is 11.3 Å². The maximum atomic E-state index is 8.80. The van der Waals surface area contributed by atoms with E-state index in [9.17, 15) is 0 Å². The zero-order valence-corrected chi connectivity index (χ0v) is 13.4. The highest BCUT2D eigenvalue weighted by Crippen LogP contribution is 2.32. The molecule has 0 bridgehead atoms. The third-order valence-electron chi connectivity index (χ3n) is 3.41. The van der Waals surface area contributed by atoms with E-state index >= 15 is 0 Å². The van der Waals surface area contributed by atoms with Crippen molar-refractivity contribution in [2.75, 3.05) is 20.2 Å². The molecule has 1 aromatic rings. The molecule has 2 atom stereocenters. The molecule has 0 saturated carbocycles. The van der Waals surface area contributed by atoms with Gasteiger partial charge >= 0.3 is 0 Å². The first-order valence-electron chi connectivity index (χ1n) is 6.92. The third-order valence-corrected chi connectivity index (χ3v) is 4.71. The van der Waals surface area contributed by atoms with Crippen molar-refractivity contribution in [2.45, 2.75) is 44.7 Å². The molecule has 0 aromatic carbocycles. The summed E-state index contributed by atoms with van der Waals surface area (Å²) in [5, 5.41) is 8.80. The minimum atomic E-state index is 0.123. The number of hydrogen-bond donors (Lipinski definition) is 2. The second-order valence-electron chi connectivity index (χ2n) is 4.92. The molecule has 0 amide bonds. The molecule has 0 aliphatic rings. The van der Waals surface area contributed by atoms with Crippen molar-refractivity contribution in [1.82, 2.24) is 4.90 Å². The Kier molecular flexibility index (Phi) is 7.95. The Labute approximate surface area is 125 Å². The Balaban J connectivity index is 2.63. The Bertz CT molecular complexity index is 359. The average molecular weight is 305 g/mol. The quantitative estimate of drug-likeness (QED) is 0.688. The minimum absolute atomic E-state index is 0.123. The van der Waals surface area contributed by atoms with Crippen molar-refractivity contribution in [3.63, 3.8) is 0 Å². The van der Waals surface area contributed by atoms with E-state index in [2.05, 4.69) is 24.9 Å². The van der Waals surface area contributed by atoms with Gasteiger partial charge in [-0.05, 0) is 51.4 Å². The van der Waals surface area contributed by atoms with Gasteiger partial charge in [0.1, 0.15) is 0 Å². The van der Waals surface area contributed by atoms with Crippen LogP contribution in [0.5, 0.6) is 0 Å². The smallest absolute Gasteiger partial charge is 0.0931 e. The van der Waals surface area contributed by atoms with Crippen molar-refractivity contribution >= 4 is 22.9 Å². The number of thiophene rings is 1. The van der Waals surface area contributed by atoms with Gasteiger partial charge in [-0.3, -0.25) is 4.90 Å². The number of unbranched alkanes of at least 4 members (excludes halogenated alkanes) is 2. The normalized spacial score (nSPS) is 14.8. The molecule has 0 spiro atoms. The summed E-state index contributed by atoms with van der Waals surface area (Å²) in [6.07, 6.45) is 3.97. The van der Waals surface area contributed by atoms with Crippen LogP contribution in [0.25, 0.3) is 0 Å². The maximum absolute atomic E-state index is 8.80. The van der Waals surface area contributed by atoms with Crippen LogP contribution in [0.3, 0.4) is 0 Å². The molecular formula is C14H25ClN2OS. The monoisotopic (exact) mass is 304 g/mol. The van der Waals surface area contributed by atoms with E-state index in [4.69, 9.17) is 22.4 Å². The predicted molar refractivity (Wildman–Crippen MR) is 83.9 cm³/mol. The van der Waals surface area contributed by atoms with Crippen LogP contribution in [0, 0.1) is 0 Å². The number of nitrogens with zero attached hydrogens (tertiary/aromatic N) is 1. The van der Waals surface area contributed by atoms with Gasteiger partial charge in [-0.15, -0.1) is 11.3 Å². The van der Waals surface area contributed by atoms with Crippen molar-refractivity contribution in [3.8, 4) is 0 Å². The third kappa shape index (κ3) is 5.40. The minimum Gasteiger partial charge on any atom is -0.396 e. The van der Waals surface area contributed by atoms with Gasteiger partial charge in [-0.25, -0.2) is 0 Å². The fourth-order valence-electron chi connectivity index (χ4n) is 2.25. The molecule has 19 heavy (non-hydrogen) atoms. The molecule has 0 radical (unpaired) electrons. The standard InChI is InChI=1S/C14H25ClN2OS/c1-3-11(16)14(12-7-8-13(15)19-12)17(2)9-5-4-6-10-18/h7-8,11,14,18H,3-6,9-10,16H2,1-2H3. The van der Waals surface area contributed by atoms with Crippen molar-refractivity contribution < 1.29 is 5.11 Å². The fraction of sp³-hybridized carbons (Fsp3) is 0.714. The van der Waals surface area contributed by atoms with E-state index in [1.165, 1.54) is 4.88 Å². The summed E-state index contributed by atoms with van der Waals surface area (Å²) in [6.45, 7) is 3.39. The number of rotatable bonds is 9. The summed E-state index contributed by atoms with van der Waals surface area (Å²) in [7, 11) is 2.12. The summed E-state index contributed by atoms with van der Waals surface area (Å²) in [5.74, 6) is 0. The Morgan fingerprint density at radius 3 is 2.63 bits per heavy atom. The molecule has 3 N–H and O–H groups in total. The van der Waals surface area contributed by atoms with Gasteiger partial charge < -0.3 is 10.8 Å². The van der Waals surface area contributed by atoms with Crippen molar-refractivity contribution in [3.05, 3.63) is 21.3 Å². The Morgan fingerprint density at radius 1 is 1.37 bits per heavy atom. The van der Waals surface area contributed by atoms with E-state index in [0.29, 0.717) is 0 Å². The highest BCUT2D eigenvalue weighted by molar-refractivity contribution is 7.16. The lowest BCUT2D eigenvalue weighted by Gasteiger charge is -2.31. The van der Waals surface area contributed by atoms with Gasteiger partial charge in [0.15, 0.2) is 0 Å². The van der Waals surface area contributed by atoms with E-state index in [1.807, 2.05) is 6.07 Å². The lowest BCUT2D eigenvalue weighted by atomic mass is 10.0. The molecule has 2 unspecified atom stereocenters. The van der Waals surface area contributed by atoms with Crippen LogP contribution < -0.4 is 5.73 Å². The second kappa shape index (κ2) is 8.93. The molecule has 3 nitrogen and oxygen atoms in total. The lowest BCUT2D eigenvalue weighted by Crippen LogP contribution is -2.38. The van der Waals surface area contributed by atoms with Crippen LogP contribution >= 0.6 is 22.9 Å². The van der Waals surface area contributed by atoms with Crippen LogP contribution in [0.1, 0.15) is 43.5 Å². The van der Waals surface area contributed by atoms with Crippen LogP contribution in [0.15, 0.2) is 12.1 Å². The van der Waals surface area contributed by atoms with Crippen LogP contribution in [-0.2, 0) is 0 Å². The first kappa shape index (κ1) is 16.9. The molecule has 1 aromatic heterocycles. The summed E-state index contributed by atoms with van der Waals surface area (Å²) >= 11 is 7.65. The van der Waals surface area contributed by atoms with Crippen molar-refractivity contribution in [1.29, 1.82) is 0 Å². The molecular weight excluding hydrogens is 280 g/mol. The second-order valence-corrected chi connectivity index (χ2v) is 6.67. The van der Waals surface area contributed by atoms with Gasteiger partial charge in [-0.2, -0.15) is 0 Å². The SMILES string of the molecule is CCC(N)C(c1ccc(Cl)s1)N(C)CCCCCO. The predicted octanol–water partition coefficient (Wildman–Crippen LogP) is 3.27. The number of aliphatic hydroxyl groups excluding tert-OH is 1. The van der Waals surface area contributed by atoms with Crippen LogP contribution in [0.4, 0.5) is 0 Å². The van der Waals surface area contributed by atoms with Gasteiger partial charge in [0.05, 0.1) is 10.4 Å². The van der Waals surface area contributed by atoms with Crippen LogP contribution in [0.2, 0.25) is 4.34 Å². The summed E-state index contributed by atoms with van der Waals surface area (Å²) in [6, 6.07) is 4.38. The molecule has 0 aliphatic heterocycles. The molecule has 110 valence electrons. The van der Waals surface area contributed by atoms with Gasteiger partial charge in [-0.1, -0.05) is 18.5 Å². The first-order chi connectivity index (χ1) is 9.10. The molecule has 0 saturated heterocycles. The highest BCUT2D eigenvalue weighted by atomic mass is 35.5. The van der Waals surface area contributed by atoms with Gasteiger partial charge in [0, 0.05) is 17.5 Å². The zero-order valence-electron chi connectivity index (χ0n) is 11.8. The lowest BCUT2D eigenvalue weighted by molar-refractivity contribution is 0.205. The summed E-state index contributed by atoms with van der Waals surface area (Å²) in [4.78, 5) is 3.55. The van der Waals surface area contributed by atoms with E-state index in [0.717, 1.165) is 36.6 Å². The van der Waals surface area contributed by atoms with E-state index in [-0.39, 0.29) is 18.7 Å². The summed E-state index contributed by atoms with van der Waals surface area (Å²) < 4.78 is 0.817. The van der Waals surface area contributed by atoms with Gasteiger partial charge in [0.25, 0.3) is 0 Å². The number of hydrogen-bond acceptors (Lipinski definition) is 4. The Hall–Kier alpha value is -0.130. The number of likely N-dealkylation sites (N-methyl/N-ethyl adjacent to an activating group) is 1. The zero-order chi connectivity index (χ0) is 14.3. The van der Waals surface area contributed by atoms with Gasteiger partial charge in [0.2, 0.25) is 0 Å². The molecule has 1 rings (SSSR count).